The number of nitrogens with zero attached hydrogens (tertiary/aromatic N) is 3. The van der Waals surface area contributed by atoms with Crippen LogP contribution in [0.5, 0.6) is 5.75 Å². The van der Waals surface area contributed by atoms with E-state index in [0.29, 0.717) is 36.0 Å². The number of nitrogens with one attached hydrogen (secondary N) is 3. The van der Waals surface area contributed by atoms with Gasteiger partial charge in [0.25, 0.3) is 5.91 Å². The van der Waals surface area contributed by atoms with Crippen LogP contribution < -0.4 is 20.7 Å². The van der Waals surface area contributed by atoms with E-state index < -0.39 is 0 Å². The number of aromatic nitrogens is 3. The highest BCUT2D eigenvalue weighted by molar-refractivity contribution is 5.94. The molecule has 3 aromatic rings. The summed E-state index contributed by atoms with van der Waals surface area (Å²) in [5.41, 5.74) is 1.48. The van der Waals surface area contributed by atoms with Crippen LogP contribution in [0.1, 0.15) is 10.4 Å². The molecule has 8 heteroatoms. The van der Waals surface area contributed by atoms with Gasteiger partial charge < -0.3 is 20.7 Å². The van der Waals surface area contributed by atoms with E-state index in [1.165, 1.54) is 0 Å². The number of ether oxygens (including phenoxy) is 1. The Hall–Kier alpha value is -3.68. The van der Waals surface area contributed by atoms with E-state index in [1.54, 1.807) is 43.8 Å². The van der Waals surface area contributed by atoms with Gasteiger partial charge in [-0.05, 0) is 48.5 Å². The average Bonchev–Trinajstić information content (AvgIpc) is 2.73. The number of methoxy groups -OCH3 is 1. The summed E-state index contributed by atoms with van der Waals surface area (Å²) >= 11 is 0. The monoisotopic (exact) mass is 364 g/mol. The SMILES string of the molecule is COc1ccc(C(=O)NCCNc2ccc(Nc3ccncc3)nn2)cc1. The highest BCUT2D eigenvalue weighted by atomic mass is 16.5. The fourth-order valence-electron chi connectivity index (χ4n) is 2.29. The van der Waals surface area contributed by atoms with E-state index in [-0.39, 0.29) is 5.91 Å². The predicted octanol–water partition coefficient (Wildman–Crippen LogP) is 2.47. The van der Waals surface area contributed by atoms with Crippen molar-refractivity contribution in [1.82, 2.24) is 20.5 Å². The van der Waals surface area contributed by atoms with Crippen LogP contribution in [-0.2, 0) is 0 Å². The number of pyridine rings is 1. The molecule has 0 radical (unpaired) electrons. The minimum absolute atomic E-state index is 0.137. The van der Waals surface area contributed by atoms with E-state index in [0.717, 1.165) is 5.69 Å². The first kappa shape index (κ1) is 18.1. The van der Waals surface area contributed by atoms with Crippen molar-refractivity contribution >= 4 is 23.2 Å². The number of carbonyl (C=O) groups is 1. The number of hydrogen-bond donors (Lipinski definition) is 3. The summed E-state index contributed by atoms with van der Waals surface area (Å²) in [6.07, 6.45) is 3.40. The Bertz CT molecular complexity index is 854. The minimum Gasteiger partial charge on any atom is -0.497 e. The standard InChI is InChI=1S/C19H20N6O2/c1-27-16-4-2-14(3-5-16)19(26)22-13-12-21-17-6-7-18(25-24-17)23-15-8-10-20-11-9-15/h2-11H,12-13H2,1H3,(H,21,24)(H,22,26)(H,20,23,25). The van der Waals surface area contributed by atoms with E-state index in [1.807, 2.05) is 24.3 Å². The molecule has 2 heterocycles. The first-order valence-electron chi connectivity index (χ1n) is 8.41. The quantitative estimate of drug-likeness (QED) is 0.528. The van der Waals surface area contributed by atoms with Gasteiger partial charge in [0.2, 0.25) is 0 Å². The minimum atomic E-state index is -0.137. The first-order chi connectivity index (χ1) is 13.2. The Morgan fingerprint density at radius 3 is 2.30 bits per heavy atom. The van der Waals surface area contributed by atoms with Gasteiger partial charge in [-0.3, -0.25) is 9.78 Å². The summed E-state index contributed by atoms with van der Waals surface area (Å²) in [4.78, 5) is 16.0. The number of hydrogen-bond acceptors (Lipinski definition) is 7. The molecule has 0 saturated carbocycles. The molecule has 0 saturated heterocycles. The van der Waals surface area contributed by atoms with Gasteiger partial charge in [0.1, 0.15) is 11.6 Å². The van der Waals surface area contributed by atoms with Crippen LogP contribution in [0.3, 0.4) is 0 Å². The normalized spacial score (nSPS) is 10.1. The second kappa shape index (κ2) is 9.14. The molecular weight excluding hydrogens is 344 g/mol. The van der Waals surface area contributed by atoms with Gasteiger partial charge in [-0.25, -0.2) is 0 Å². The van der Waals surface area contributed by atoms with E-state index >= 15 is 0 Å². The summed E-state index contributed by atoms with van der Waals surface area (Å²) in [6.45, 7) is 0.997. The first-order valence-corrected chi connectivity index (χ1v) is 8.41. The molecule has 0 aliphatic heterocycles. The lowest BCUT2D eigenvalue weighted by Crippen LogP contribution is -2.28. The average molecular weight is 364 g/mol. The maximum atomic E-state index is 12.1. The Labute approximate surface area is 157 Å². The van der Waals surface area contributed by atoms with Crippen molar-refractivity contribution in [3.05, 3.63) is 66.5 Å². The molecule has 3 rings (SSSR count). The van der Waals surface area contributed by atoms with Crippen LogP contribution in [0, 0.1) is 0 Å². The zero-order chi connectivity index (χ0) is 18.9. The summed E-state index contributed by atoms with van der Waals surface area (Å²) in [5.74, 6) is 1.85. The molecule has 0 unspecified atom stereocenters. The van der Waals surface area contributed by atoms with E-state index in [2.05, 4.69) is 31.1 Å². The summed E-state index contributed by atoms with van der Waals surface area (Å²) in [5, 5.41) is 17.3. The van der Waals surface area contributed by atoms with Gasteiger partial charge >= 0.3 is 0 Å². The van der Waals surface area contributed by atoms with Crippen molar-refractivity contribution in [3.63, 3.8) is 0 Å². The van der Waals surface area contributed by atoms with Crippen LogP contribution >= 0.6 is 0 Å². The maximum Gasteiger partial charge on any atom is 0.251 e. The highest BCUT2D eigenvalue weighted by Gasteiger charge is 2.05. The molecule has 1 amide bonds. The summed E-state index contributed by atoms with van der Waals surface area (Å²) in [6, 6.07) is 14.3. The van der Waals surface area contributed by atoms with Crippen LogP contribution in [0.15, 0.2) is 60.9 Å². The fourth-order valence-corrected chi connectivity index (χ4v) is 2.29. The van der Waals surface area contributed by atoms with Crippen molar-refractivity contribution in [2.75, 3.05) is 30.8 Å². The van der Waals surface area contributed by atoms with Crippen molar-refractivity contribution in [3.8, 4) is 5.75 Å². The molecular formula is C19H20N6O2. The molecule has 0 atom stereocenters. The zero-order valence-electron chi connectivity index (χ0n) is 14.8. The highest BCUT2D eigenvalue weighted by Crippen LogP contribution is 2.13. The lowest BCUT2D eigenvalue weighted by Gasteiger charge is -2.08. The molecule has 0 fully saturated rings. The largest absolute Gasteiger partial charge is 0.497 e. The van der Waals surface area contributed by atoms with Crippen LogP contribution in [0.25, 0.3) is 0 Å². The Balaban J connectivity index is 1.41. The molecule has 0 aliphatic rings. The molecule has 0 aliphatic carbocycles. The number of carbonyl (C=O) groups excluding carboxylic acids is 1. The summed E-state index contributed by atoms with van der Waals surface area (Å²) in [7, 11) is 1.59. The topological polar surface area (TPSA) is 101 Å². The molecule has 27 heavy (non-hydrogen) atoms. The molecule has 0 bridgehead atoms. The Morgan fingerprint density at radius 1 is 0.926 bits per heavy atom. The van der Waals surface area contributed by atoms with Crippen molar-refractivity contribution in [2.24, 2.45) is 0 Å². The third kappa shape index (κ3) is 5.40. The molecule has 3 N–H and O–H groups in total. The van der Waals surface area contributed by atoms with Crippen LogP contribution in [0.4, 0.5) is 17.3 Å². The van der Waals surface area contributed by atoms with Gasteiger partial charge in [-0.15, -0.1) is 10.2 Å². The lowest BCUT2D eigenvalue weighted by atomic mass is 10.2. The van der Waals surface area contributed by atoms with Crippen molar-refractivity contribution in [2.45, 2.75) is 0 Å². The smallest absolute Gasteiger partial charge is 0.251 e. The Kier molecular flexibility index (Phi) is 6.13. The van der Waals surface area contributed by atoms with Crippen molar-refractivity contribution < 1.29 is 9.53 Å². The number of anilines is 3. The number of benzene rings is 1. The van der Waals surface area contributed by atoms with Gasteiger partial charge in [0.05, 0.1) is 7.11 Å². The third-order valence-corrected chi connectivity index (χ3v) is 3.69. The maximum absolute atomic E-state index is 12.1. The van der Waals surface area contributed by atoms with E-state index in [4.69, 9.17) is 4.74 Å². The summed E-state index contributed by atoms with van der Waals surface area (Å²) < 4.78 is 5.08. The zero-order valence-corrected chi connectivity index (χ0v) is 14.8. The molecule has 8 nitrogen and oxygen atoms in total. The second-order valence-electron chi connectivity index (χ2n) is 5.58. The lowest BCUT2D eigenvalue weighted by molar-refractivity contribution is 0.0955. The number of rotatable bonds is 8. The van der Waals surface area contributed by atoms with Crippen LogP contribution in [-0.4, -0.2) is 41.3 Å². The second-order valence-corrected chi connectivity index (χ2v) is 5.58. The van der Waals surface area contributed by atoms with Gasteiger partial charge in [0, 0.05) is 36.7 Å². The molecule has 1 aromatic carbocycles. The molecule has 2 aromatic heterocycles. The molecule has 138 valence electrons. The Morgan fingerprint density at radius 2 is 1.63 bits per heavy atom. The fraction of sp³-hybridized carbons (Fsp3) is 0.158. The predicted molar refractivity (Wildman–Crippen MR) is 103 cm³/mol. The van der Waals surface area contributed by atoms with Crippen molar-refractivity contribution in [1.29, 1.82) is 0 Å². The number of amides is 1. The van der Waals surface area contributed by atoms with Gasteiger partial charge in [-0.2, -0.15) is 0 Å². The van der Waals surface area contributed by atoms with E-state index in [9.17, 15) is 4.79 Å². The van der Waals surface area contributed by atoms with Gasteiger partial charge in [0.15, 0.2) is 5.82 Å². The van der Waals surface area contributed by atoms with Crippen LogP contribution in [0.2, 0.25) is 0 Å². The van der Waals surface area contributed by atoms with Gasteiger partial charge in [-0.1, -0.05) is 0 Å². The third-order valence-electron chi connectivity index (χ3n) is 3.69. The molecule has 0 spiro atoms.